The van der Waals surface area contributed by atoms with Crippen molar-refractivity contribution in [2.75, 3.05) is 0 Å². The van der Waals surface area contributed by atoms with Gasteiger partial charge in [0, 0.05) is 0 Å². The fraction of sp³-hybridized carbons (Fsp3) is 0. The maximum atomic E-state index is 2.44. The van der Waals surface area contributed by atoms with Crippen molar-refractivity contribution < 1.29 is 0 Å². The zero-order valence-corrected chi connectivity index (χ0v) is 28.5. The third-order valence-corrected chi connectivity index (χ3v) is 11.2. The van der Waals surface area contributed by atoms with Crippen molar-refractivity contribution in [2.45, 2.75) is 0 Å². The van der Waals surface area contributed by atoms with Gasteiger partial charge >= 0.3 is 0 Å². The second-order valence-electron chi connectivity index (χ2n) is 14.1. The molecule has 0 nitrogen and oxygen atoms in total. The van der Waals surface area contributed by atoms with E-state index in [1.165, 1.54) is 109 Å². The van der Waals surface area contributed by atoms with Crippen LogP contribution in [-0.2, 0) is 0 Å². The summed E-state index contributed by atoms with van der Waals surface area (Å²) >= 11 is 0. The van der Waals surface area contributed by atoms with Crippen molar-refractivity contribution in [3.63, 3.8) is 0 Å². The summed E-state index contributed by atoms with van der Waals surface area (Å²) in [5.74, 6) is 0. The first-order valence-corrected chi connectivity index (χ1v) is 18.1. The van der Waals surface area contributed by atoms with E-state index in [4.69, 9.17) is 0 Å². The fourth-order valence-corrected chi connectivity index (χ4v) is 8.57. The van der Waals surface area contributed by atoms with Crippen LogP contribution in [-0.4, -0.2) is 0 Å². The average Bonchev–Trinajstić information content (AvgIpc) is 3.22. The minimum atomic E-state index is 1.23. The molecule has 0 fully saturated rings. The Balaban J connectivity index is 1.03. The lowest BCUT2D eigenvalue weighted by Gasteiger charge is -2.16. The van der Waals surface area contributed by atoms with Gasteiger partial charge in [0.05, 0.1) is 0 Å². The third kappa shape index (κ3) is 4.55. The van der Waals surface area contributed by atoms with E-state index in [2.05, 4.69) is 194 Å². The molecule has 0 N–H and O–H groups in total. The van der Waals surface area contributed by atoms with Crippen LogP contribution in [0.25, 0.3) is 109 Å². The van der Waals surface area contributed by atoms with Gasteiger partial charge in [-0.2, -0.15) is 0 Å². The van der Waals surface area contributed by atoms with Gasteiger partial charge in [-0.3, -0.25) is 0 Å². The van der Waals surface area contributed by atoms with Gasteiger partial charge in [0.1, 0.15) is 0 Å². The van der Waals surface area contributed by atoms with Crippen molar-refractivity contribution in [3.05, 3.63) is 194 Å². The predicted octanol–water partition coefficient (Wildman–Crippen LogP) is 14.8. The molecule has 0 aliphatic carbocycles. The summed E-state index contributed by atoms with van der Waals surface area (Å²) in [6, 6.07) is 71.9. The van der Waals surface area contributed by atoms with Crippen LogP contribution in [0.3, 0.4) is 0 Å². The Bertz CT molecular complexity index is 3240. The summed E-state index contributed by atoms with van der Waals surface area (Å²) in [5, 5.41) is 18.0. The van der Waals surface area contributed by atoms with Gasteiger partial charge in [-0.1, -0.05) is 158 Å². The molecule has 11 rings (SSSR count). The number of benzene rings is 11. The van der Waals surface area contributed by atoms with E-state index < -0.39 is 0 Å². The molecule has 240 valence electrons. The van der Waals surface area contributed by atoms with Crippen LogP contribution in [0.5, 0.6) is 0 Å². The van der Waals surface area contributed by atoms with Crippen LogP contribution in [0, 0.1) is 0 Å². The van der Waals surface area contributed by atoms with E-state index in [9.17, 15) is 0 Å². The first kappa shape index (κ1) is 29.0. The van der Waals surface area contributed by atoms with E-state index in [1.807, 2.05) is 0 Å². The summed E-state index contributed by atoms with van der Waals surface area (Å²) in [5.41, 5.74) is 7.45. The number of rotatable bonds is 3. The monoisotopic (exact) mass is 656 g/mol. The molecule has 11 aromatic carbocycles. The molecule has 0 aliphatic rings. The molecule has 0 heteroatoms. The number of hydrogen-bond donors (Lipinski definition) is 0. The molecule has 11 aromatic rings. The lowest BCUT2D eigenvalue weighted by atomic mass is 9.87. The van der Waals surface area contributed by atoms with Crippen LogP contribution in [0.4, 0.5) is 0 Å². The fourth-order valence-electron chi connectivity index (χ4n) is 8.57. The number of fused-ring (bicyclic) bond motifs is 11. The maximum absolute atomic E-state index is 2.44. The summed E-state index contributed by atoms with van der Waals surface area (Å²) in [6.45, 7) is 0. The summed E-state index contributed by atoms with van der Waals surface area (Å²) in [7, 11) is 0. The smallest absolute Gasteiger partial charge is 0.00199 e. The summed E-state index contributed by atoms with van der Waals surface area (Å²) in [6.07, 6.45) is 0. The van der Waals surface area contributed by atoms with Crippen molar-refractivity contribution in [1.82, 2.24) is 0 Å². The molecule has 0 bridgehead atoms. The zero-order valence-electron chi connectivity index (χ0n) is 28.5. The molecule has 0 unspecified atom stereocenters. The summed E-state index contributed by atoms with van der Waals surface area (Å²) < 4.78 is 0. The average molecular weight is 657 g/mol. The molecule has 52 heavy (non-hydrogen) atoms. The Hall–Kier alpha value is -6.76. The van der Waals surface area contributed by atoms with Crippen molar-refractivity contribution in [1.29, 1.82) is 0 Å². The van der Waals surface area contributed by atoms with Crippen LogP contribution in [0.1, 0.15) is 0 Å². The van der Waals surface area contributed by atoms with E-state index >= 15 is 0 Å². The summed E-state index contributed by atoms with van der Waals surface area (Å²) in [4.78, 5) is 0. The van der Waals surface area contributed by atoms with Gasteiger partial charge in [-0.25, -0.2) is 0 Å². The minimum absolute atomic E-state index is 1.23. The highest BCUT2D eigenvalue weighted by atomic mass is 14.2. The lowest BCUT2D eigenvalue weighted by molar-refractivity contribution is 1.65. The Kier molecular flexibility index (Phi) is 6.35. The Morgan fingerprint density at radius 3 is 1.13 bits per heavy atom. The normalized spacial score (nSPS) is 11.8. The second kappa shape index (κ2) is 11.4. The van der Waals surface area contributed by atoms with Crippen molar-refractivity contribution in [3.8, 4) is 33.4 Å². The van der Waals surface area contributed by atoms with Gasteiger partial charge in [0.15, 0.2) is 0 Å². The van der Waals surface area contributed by atoms with Gasteiger partial charge in [0.25, 0.3) is 0 Å². The standard InChI is InChI=1S/C52H32/c1-2-10-35-27-36(20-17-33(35)9-1)37-22-23-39-29-40(25-24-38(39)28-37)41-21-18-34-19-26-42(31-43(34)30-41)50-32-51-46-13-4-3-11-44(46)45-12-5-7-15-48(45)52(51)49-16-8-6-14-47(49)50/h1-32H. The quantitative estimate of drug-likeness (QED) is 0.166. The molecule has 0 aromatic heterocycles. The third-order valence-electron chi connectivity index (χ3n) is 11.2. The molecule has 0 heterocycles. The lowest BCUT2D eigenvalue weighted by Crippen LogP contribution is -1.89. The predicted molar refractivity (Wildman–Crippen MR) is 225 cm³/mol. The molecule has 0 atom stereocenters. The Morgan fingerprint density at radius 1 is 0.192 bits per heavy atom. The van der Waals surface area contributed by atoms with Crippen molar-refractivity contribution >= 4 is 75.4 Å². The van der Waals surface area contributed by atoms with Crippen LogP contribution in [0.2, 0.25) is 0 Å². The van der Waals surface area contributed by atoms with Gasteiger partial charge in [0.2, 0.25) is 0 Å². The molecule has 0 saturated carbocycles. The van der Waals surface area contributed by atoms with E-state index in [1.54, 1.807) is 0 Å². The van der Waals surface area contributed by atoms with Crippen LogP contribution >= 0.6 is 0 Å². The molecular formula is C52H32. The van der Waals surface area contributed by atoms with Gasteiger partial charge < -0.3 is 0 Å². The maximum Gasteiger partial charge on any atom is -0.00199 e. The highest BCUT2D eigenvalue weighted by molar-refractivity contribution is 6.33. The van der Waals surface area contributed by atoms with Crippen LogP contribution < -0.4 is 0 Å². The van der Waals surface area contributed by atoms with Gasteiger partial charge in [-0.05, 0) is 145 Å². The highest BCUT2D eigenvalue weighted by Gasteiger charge is 2.15. The molecule has 0 amide bonds. The second-order valence-corrected chi connectivity index (χ2v) is 14.1. The molecule has 0 spiro atoms. The van der Waals surface area contributed by atoms with E-state index in [-0.39, 0.29) is 0 Å². The first-order valence-electron chi connectivity index (χ1n) is 18.1. The Labute approximate surface area is 301 Å². The molecule has 0 aliphatic heterocycles. The first-order chi connectivity index (χ1) is 25.7. The van der Waals surface area contributed by atoms with E-state index in [0.717, 1.165) is 0 Å². The van der Waals surface area contributed by atoms with Crippen LogP contribution in [0.15, 0.2) is 194 Å². The minimum Gasteiger partial charge on any atom is -0.0616 e. The largest absolute Gasteiger partial charge is 0.0616 e. The zero-order chi connectivity index (χ0) is 34.2. The highest BCUT2D eigenvalue weighted by Crippen LogP contribution is 2.43. The van der Waals surface area contributed by atoms with E-state index in [0.29, 0.717) is 0 Å². The van der Waals surface area contributed by atoms with Gasteiger partial charge in [-0.15, -0.1) is 0 Å². The SMILES string of the molecule is c1ccc2cc(-c3ccc4cc(-c5ccc6ccc(-c7cc8c9ccccc9c9ccccc9c8c8ccccc78)cc6c5)ccc4c3)ccc2c1. The molecule has 0 radical (unpaired) electrons. The topological polar surface area (TPSA) is 0 Å². The molecule has 0 saturated heterocycles. The van der Waals surface area contributed by atoms with Crippen molar-refractivity contribution in [2.24, 2.45) is 0 Å². The Morgan fingerprint density at radius 2 is 0.538 bits per heavy atom. The molecular weight excluding hydrogens is 625 g/mol. The number of hydrogen-bond acceptors (Lipinski definition) is 0.